The Morgan fingerprint density at radius 1 is 1.04 bits per heavy atom. The molecule has 5 heteroatoms. The molecule has 0 unspecified atom stereocenters. The number of aryl methyl sites for hydroxylation is 2. The van der Waals surface area contributed by atoms with E-state index in [0.717, 1.165) is 12.0 Å². The summed E-state index contributed by atoms with van der Waals surface area (Å²) in [5.74, 6) is 0.500. The Labute approximate surface area is 135 Å². The van der Waals surface area contributed by atoms with Crippen molar-refractivity contribution in [1.29, 1.82) is 0 Å². The summed E-state index contributed by atoms with van der Waals surface area (Å²) in [4.78, 5) is 13.6. The third kappa shape index (κ3) is 3.51. The van der Waals surface area contributed by atoms with Gasteiger partial charge in [-0.2, -0.15) is 4.80 Å². The second-order valence-electron chi connectivity index (χ2n) is 5.48. The zero-order valence-corrected chi connectivity index (χ0v) is 13.2. The molecule has 0 amide bonds. The third-order valence-electron chi connectivity index (χ3n) is 3.73. The molecule has 0 bridgehead atoms. The molecule has 3 rings (SSSR count). The fourth-order valence-electron chi connectivity index (χ4n) is 2.27. The summed E-state index contributed by atoms with van der Waals surface area (Å²) in [6.45, 7) is 4.20. The number of aromatic nitrogens is 4. The Bertz CT molecular complexity index is 804. The molecule has 0 atom stereocenters. The molecule has 2 aromatic carbocycles. The first-order valence-electron chi connectivity index (χ1n) is 7.62. The highest BCUT2D eigenvalue weighted by Gasteiger charge is 2.11. The molecular weight excluding hydrogens is 288 g/mol. The van der Waals surface area contributed by atoms with Crippen LogP contribution < -0.4 is 0 Å². The maximum atomic E-state index is 12.3. The van der Waals surface area contributed by atoms with Crippen LogP contribution in [0.1, 0.15) is 28.4 Å². The lowest BCUT2D eigenvalue weighted by molar-refractivity contribution is 0.0961. The lowest BCUT2D eigenvalue weighted by atomic mass is 10.1. The molecule has 23 heavy (non-hydrogen) atoms. The van der Waals surface area contributed by atoms with Gasteiger partial charge >= 0.3 is 0 Å². The summed E-state index contributed by atoms with van der Waals surface area (Å²) in [7, 11) is 0. The minimum Gasteiger partial charge on any atom is -0.292 e. The molecule has 1 aromatic heterocycles. The standard InChI is InChI=1S/C18H18N4O/c1-3-14-6-10-15(11-7-14)17(23)12-22-20-18(19-21-22)16-8-4-13(2)5-9-16/h4-11H,3,12H2,1-2H3. The number of Topliss-reactive ketones (excluding diaryl/α,β-unsaturated/α-hetero) is 1. The van der Waals surface area contributed by atoms with Crippen molar-refractivity contribution in [2.45, 2.75) is 26.8 Å². The highest BCUT2D eigenvalue weighted by molar-refractivity contribution is 5.95. The number of ketones is 1. The maximum Gasteiger partial charge on any atom is 0.204 e. The number of rotatable bonds is 5. The van der Waals surface area contributed by atoms with Gasteiger partial charge in [0, 0.05) is 11.1 Å². The minimum absolute atomic E-state index is 0.0273. The first-order chi connectivity index (χ1) is 11.2. The van der Waals surface area contributed by atoms with E-state index in [1.165, 1.54) is 15.9 Å². The highest BCUT2D eigenvalue weighted by Crippen LogP contribution is 2.14. The normalized spacial score (nSPS) is 10.7. The Kier molecular flexibility index (Phi) is 4.28. The van der Waals surface area contributed by atoms with E-state index in [1.54, 1.807) is 0 Å². The van der Waals surface area contributed by atoms with E-state index in [4.69, 9.17) is 0 Å². The van der Waals surface area contributed by atoms with Crippen LogP contribution in [-0.4, -0.2) is 26.0 Å². The van der Waals surface area contributed by atoms with Crippen LogP contribution in [0, 0.1) is 6.92 Å². The van der Waals surface area contributed by atoms with Crippen LogP contribution in [0.4, 0.5) is 0 Å². The van der Waals surface area contributed by atoms with Gasteiger partial charge in [-0.3, -0.25) is 4.79 Å². The zero-order valence-electron chi connectivity index (χ0n) is 13.2. The fraction of sp³-hybridized carbons (Fsp3) is 0.222. The molecule has 0 aliphatic heterocycles. The molecule has 1 heterocycles. The lowest BCUT2D eigenvalue weighted by Gasteiger charge is -2.01. The number of tetrazole rings is 1. The molecule has 0 saturated heterocycles. The van der Waals surface area contributed by atoms with Crippen LogP contribution in [0.25, 0.3) is 11.4 Å². The van der Waals surface area contributed by atoms with Crippen molar-refractivity contribution in [3.05, 3.63) is 65.2 Å². The van der Waals surface area contributed by atoms with Gasteiger partial charge in [0.2, 0.25) is 5.82 Å². The Hall–Kier alpha value is -2.82. The largest absolute Gasteiger partial charge is 0.292 e. The number of carbonyl (C=O) groups is 1. The molecule has 0 saturated carbocycles. The quantitative estimate of drug-likeness (QED) is 0.680. The summed E-state index contributed by atoms with van der Waals surface area (Å²) < 4.78 is 0. The van der Waals surface area contributed by atoms with Crippen LogP contribution in [0.15, 0.2) is 48.5 Å². The van der Waals surface area contributed by atoms with Crippen molar-refractivity contribution in [1.82, 2.24) is 20.2 Å². The van der Waals surface area contributed by atoms with Crippen LogP contribution >= 0.6 is 0 Å². The number of hydrogen-bond donors (Lipinski definition) is 0. The van der Waals surface area contributed by atoms with E-state index >= 15 is 0 Å². The van der Waals surface area contributed by atoms with E-state index in [0.29, 0.717) is 11.4 Å². The van der Waals surface area contributed by atoms with Gasteiger partial charge in [-0.25, -0.2) is 0 Å². The van der Waals surface area contributed by atoms with Crippen LogP contribution in [-0.2, 0) is 13.0 Å². The van der Waals surface area contributed by atoms with Gasteiger partial charge in [0.1, 0.15) is 6.54 Å². The van der Waals surface area contributed by atoms with Gasteiger partial charge in [-0.1, -0.05) is 61.0 Å². The molecule has 0 fully saturated rings. The smallest absolute Gasteiger partial charge is 0.204 e. The highest BCUT2D eigenvalue weighted by atomic mass is 16.1. The van der Waals surface area contributed by atoms with E-state index in [9.17, 15) is 4.79 Å². The number of hydrogen-bond acceptors (Lipinski definition) is 4. The average Bonchev–Trinajstić information content (AvgIpc) is 3.04. The van der Waals surface area contributed by atoms with E-state index in [-0.39, 0.29) is 12.3 Å². The number of nitrogens with zero attached hydrogens (tertiary/aromatic N) is 4. The maximum absolute atomic E-state index is 12.3. The van der Waals surface area contributed by atoms with Gasteiger partial charge in [0.05, 0.1) is 0 Å². The van der Waals surface area contributed by atoms with Crippen molar-refractivity contribution in [3.63, 3.8) is 0 Å². The SMILES string of the molecule is CCc1ccc(C(=O)Cn2nnc(-c3ccc(C)cc3)n2)cc1. The van der Waals surface area contributed by atoms with E-state index in [1.807, 2.05) is 55.5 Å². The van der Waals surface area contributed by atoms with Crippen molar-refractivity contribution < 1.29 is 4.79 Å². The summed E-state index contributed by atoms with van der Waals surface area (Å²) in [6.07, 6.45) is 0.957. The monoisotopic (exact) mass is 306 g/mol. The molecular formula is C18H18N4O. The van der Waals surface area contributed by atoms with Gasteiger partial charge in [-0.05, 0) is 24.1 Å². The molecule has 3 aromatic rings. The molecule has 0 radical (unpaired) electrons. The second-order valence-corrected chi connectivity index (χ2v) is 5.48. The number of carbonyl (C=O) groups excluding carboxylic acids is 1. The van der Waals surface area contributed by atoms with Crippen LogP contribution in [0.2, 0.25) is 0 Å². The first kappa shape index (κ1) is 15.1. The summed E-state index contributed by atoms with van der Waals surface area (Å²) in [5, 5.41) is 12.3. The van der Waals surface area contributed by atoms with Crippen molar-refractivity contribution >= 4 is 5.78 Å². The Morgan fingerprint density at radius 3 is 2.39 bits per heavy atom. The second kappa shape index (κ2) is 6.52. The van der Waals surface area contributed by atoms with Crippen molar-refractivity contribution in [2.75, 3.05) is 0 Å². The zero-order chi connectivity index (χ0) is 16.2. The average molecular weight is 306 g/mol. The van der Waals surface area contributed by atoms with Gasteiger partial charge in [-0.15, -0.1) is 10.2 Å². The molecule has 0 spiro atoms. The Morgan fingerprint density at radius 2 is 1.74 bits per heavy atom. The van der Waals surface area contributed by atoms with Crippen LogP contribution in [0.5, 0.6) is 0 Å². The third-order valence-corrected chi connectivity index (χ3v) is 3.73. The minimum atomic E-state index is -0.0273. The molecule has 5 nitrogen and oxygen atoms in total. The molecule has 0 aliphatic rings. The molecule has 0 aliphatic carbocycles. The van der Waals surface area contributed by atoms with Gasteiger partial charge in [0.15, 0.2) is 5.78 Å². The summed E-state index contributed by atoms with van der Waals surface area (Å²) >= 11 is 0. The van der Waals surface area contributed by atoms with Gasteiger partial charge in [0.25, 0.3) is 0 Å². The fourth-order valence-corrected chi connectivity index (χ4v) is 2.27. The van der Waals surface area contributed by atoms with Crippen molar-refractivity contribution in [3.8, 4) is 11.4 Å². The molecule has 116 valence electrons. The summed E-state index contributed by atoms with van der Waals surface area (Å²) in [6, 6.07) is 15.5. The van der Waals surface area contributed by atoms with Crippen LogP contribution in [0.3, 0.4) is 0 Å². The lowest BCUT2D eigenvalue weighted by Crippen LogP contribution is -2.13. The van der Waals surface area contributed by atoms with Crippen molar-refractivity contribution in [2.24, 2.45) is 0 Å². The van der Waals surface area contributed by atoms with E-state index < -0.39 is 0 Å². The predicted octanol–water partition coefficient (Wildman–Crippen LogP) is 3.09. The molecule has 0 N–H and O–H groups in total. The Balaban J connectivity index is 1.73. The predicted molar refractivity (Wildman–Crippen MR) is 88.1 cm³/mol. The van der Waals surface area contributed by atoms with Gasteiger partial charge < -0.3 is 0 Å². The number of benzene rings is 2. The van der Waals surface area contributed by atoms with E-state index in [2.05, 4.69) is 22.3 Å². The first-order valence-corrected chi connectivity index (χ1v) is 7.62. The summed E-state index contributed by atoms with van der Waals surface area (Å²) in [5.41, 5.74) is 3.94. The topological polar surface area (TPSA) is 60.7 Å².